The fourth-order valence-corrected chi connectivity index (χ4v) is 5.43. The van der Waals surface area contributed by atoms with Crippen LogP contribution in [0.15, 0.2) is 5.38 Å². The van der Waals surface area contributed by atoms with Crippen molar-refractivity contribution in [2.75, 3.05) is 17.9 Å². The summed E-state index contributed by atoms with van der Waals surface area (Å²) in [6.07, 6.45) is 1.34. The lowest BCUT2D eigenvalue weighted by Crippen LogP contribution is -2.31. The van der Waals surface area contributed by atoms with Crippen LogP contribution in [0.1, 0.15) is 31.5 Å². The van der Waals surface area contributed by atoms with Crippen molar-refractivity contribution in [2.24, 2.45) is 0 Å². The Labute approximate surface area is 124 Å². The highest BCUT2D eigenvalue weighted by molar-refractivity contribution is 8.06. The van der Waals surface area contributed by atoms with Gasteiger partial charge in [0, 0.05) is 30.0 Å². The Hall–Kier alpha value is -0.510. The lowest BCUT2D eigenvalue weighted by Gasteiger charge is -2.14. The van der Waals surface area contributed by atoms with E-state index in [1.54, 1.807) is 0 Å². The standard InChI is InChI=1S/C11H20N2O4S3/c1-11(2,3)9-7-18-10(13-9)5-6-12-20(16,17)8-19(4,14)15/h7,12H,5-6,8H2,1-4H3. The van der Waals surface area contributed by atoms with Crippen LogP contribution in [-0.4, -0.2) is 39.7 Å². The molecule has 0 bridgehead atoms. The lowest BCUT2D eigenvalue weighted by atomic mass is 9.93. The van der Waals surface area contributed by atoms with Crippen LogP contribution in [0.4, 0.5) is 0 Å². The van der Waals surface area contributed by atoms with E-state index in [4.69, 9.17) is 0 Å². The second-order valence-electron chi connectivity index (χ2n) is 5.68. The molecule has 0 aliphatic carbocycles. The van der Waals surface area contributed by atoms with Gasteiger partial charge < -0.3 is 0 Å². The van der Waals surface area contributed by atoms with Gasteiger partial charge in [0.25, 0.3) is 0 Å². The highest BCUT2D eigenvalue weighted by atomic mass is 32.3. The van der Waals surface area contributed by atoms with Crippen molar-refractivity contribution in [1.82, 2.24) is 9.71 Å². The highest BCUT2D eigenvalue weighted by Gasteiger charge is 2.19. The van der Waals surface area contributed by atoms with E-state index in [2.05, 4.69) is 30.5 Å². The first kappa shape index (κ1) is 17.5. The van der Waals surface area contributed by atoms with E-state index in [0.717, 1.165) is 17.0 Å². The molecule has 0 saturated heterocycles. The Morgan fingerprint density at radius 2 is 1.85 bits per heavy atom. The van der Waals surface area contributed by atoms with Crippen LogP contribution in [0.5, 0.6) is 0 Å². The second kappa shape index (κ2) is 6.08. The largest absolute Gasteiger partial charge is 0.246 e. The highest BCUT2D eigenvalue weighted by Crippen LogP contribution is 2.23. The zero-order valence-corrected chi connectivity index (χ0v) is 14.5. The van der Waals surface area contributed by atoms with E-state index in [9.17, 15) is 16.8 Å². The van der Waals surface area contributed by atoms with Crippen LogP contribution in [0.2, 0.25) is 0 Å². The zero-order chi connectivity index (χ0) is 15.6. The smallest absolute Gasteiger partial charge is 0.226 e. The summed E-state index contributed by atoms with van der Waals surface area (Å²) in [6, 6.07) is 0. The van der Waals surface area contributed by atoms with E-state index >= 15 is 0 Å². The van der Waals surface area contributed by atoms with Gasteiger partial charge in [0.2, 0.25) is 10.0 Å². The first-order valence-corrected chi connectivity index (χ1v) is 10.6. The number of sulfone groups is 1. The molecule has 0 amide bonds. The number of hydrogen-bond donors (Lipinski definition) is 1. The number of nitrogens with zero attached hydrogens (tertiary/aromatic N) is 1. The number of sulfonamides is 1. The Balaban J connectivity index is 2.55. The molecule has 0 aliphatic heterocycles. The van der Waals surface area contributed by atoms with Gasteiger partial charge in [-0.15, -0.1) is 11.3 Å². The molecule has 6 nitrogen and oxygen atoms in total. The molecule has 9 heteroatoms. The molecule has 1 N–H and O–H groups in total. The normalized spacial score (nSPS) is 13.6. The number of rotatable bonds is 6. The quantitative estimate of drug-likeness (QED) is 0.830. The molecule has 116 valence electrons. The minimum Gasteiger partial charge on any atom is -0.246 e. The fraction of sp³-hybridized carbons (Fsp3) is 0.727. The molecule has 0 saturated carbocycles. The Bertz CT molecular complexity index is 654. The molecule has 0 aromatic carbocycles. The average Bonchev–Trinajstić information content (AvgIpc) is 2.60. The van der Waals surface area contributed by atoms with Crippen LogP contribution < -0.4 is 4.72 Å². The summed E-state index contributed by atoms with van der Waals surface area (Å²) >= 11 is 1.48. The van der Waals surface area contributed by atoms with E-state index in [1.807, 2.05) is 5.38 Å². The average molecular weight is 340 g/mol. The summed E-state index contributed by atoms with van der Waals surface area (Å²) in [4.78, 5) is 4.44. The molecule has 0 unspecified atom stereocenters. The van der Waals surface area contributed by atoms with E-state index in [0.29, 0.717) is 6.42 Å². The van der Waals surface area contributed by atoms with Crippen molar-refractivity contribution in [3.63, 3.8) is 0 Å². The molecule has 0 aliphatic rings. The summed E-state index contributed by atoms with van der Waals surface area (Å²) in [5.74, 6) is 0. The van der Waals surface area contributed by atoms with Gasteiger partial charge in [-0.2, -0.15) is 0 Å². The van der Waals surface area contributed by atoms with Gasteiger partial charge in [0.1, 0.15) is 0 Å². The molecule has 1 heterocycles. The minimum atomic E-state index is -3.79. The third-order valence-electron chi connectivity index (χ3n) is 2.35. The molecular weight excluding hydrogens is 320 g/mol. The van der Waals surface area contributed by atoms with E-state index < -0.39 is 24.9 Å². The SMILES string of the molecule is CC(C)(C)c1csc(CCNS(=O)(=O)CS(C)(=O)=O)n1. The Morgan fingerprint density at radius 1 is 1.25 bits per heavy atom. The molecule has 1 rings (SSSR count). The minimum absolute atomic E-state index is 0.0372. The van der Waals surface area contributed by atoms with Crippen LogP contribution in [-0.2, 0) is 31.7 Å². The van der Waals surface area contributed by atoms with Gasteiger partial charge in [-0.3, -0.25) is 0 Å². The van der Waals surface area contributed by atoms with Crippen LogP contribution in [0, 0.1) is 0 Å². The van der Waals surface area contributed by atoms with Gasteiger partial charge in [0.05, 0.1) is 10.7 Å². The first-order chi connectivity index (χ1) is 8.89. The van der Waals surface area contributed by atoms with Crippen molar-refractivity contribution in [2.45, 2.75) is 32.6 Å². The van der Waals surface area contributed by atoms with Crippen LogP contribution in [0.3, 0.4) is 0 Å². The topological polar surface area (TPSA) is 93.2 Å². The number of aromatic nitrogens is 1. The van der Waals surface area contributed by atoms with E-state index in [-0.39, 0.29) is 12.0 Å². The summed E-state index contributed by atoms with van der Waals surface area (Å²) < 4.78 is 47.2. The fourth-order valence-electron chi connectivity index (χ4n) is 1.41. The van der Waals surface area contributed by atoms with Gasteiger partial charge in [-0.05, 0) is 0 Å². The summed E-state index contributed by atoms with van der Waals surface area (Å²) in [5.41, 5.74) is 0.932. The molecule has 1 aromatic heterocycles. The van der Waals surface area contributed by atoms with Crippen LogP contribution >= 0.6 is 11.3 Å². The van der Waals surface area contributed by atoms with E-state index in [1.165, 1.54) is 11.3 Å². The summed E-state index contributed by atoms with van der Waals surface area (Å²) in [6.45, 7) is 6.32. The zero-order valence-electron chi connectivity index (χ0n) is 12.0. The predicted octanol–water partition coefficient (Wildman–Crippen LogP) is 0.905. The second-order valence-corrected chi connectivity index (χ2v) is 10.9. The predicted molar refractivity (Wildman–Crippen MR) is 81.2 cm³/mol. The van der Waals surface area contributed by atoms with Crippen molar-refractivity contribution in [1.29, 1.82) is 0 Å². The van der Waals surface area contributed by atoms with Gasteiger partial charge in [-0.1, -0.05) is 20.8 Å². The van der Waals surface area contributed by atoms with Crippen molar-refractivity contribution in [3.8, 4) is 0 Å². The molecular formula is C11H20N2O4S3. The molecule has 0 radical (unpaired) electrons. The maximum Gasteiger partial charge on any atom is 0.226 e. The lowest BCUT2D eigenvalue weighted by molar-refractivity contribution is 0.569. The van der Waals surface area contributed by atoms with Crippen molar-refractivity contribution in [3.05, 3.63) is 16.1 Å². The number of nitrogens with one attached hydrogen (secondary N) is 1. The summed E-state index contributed by atoms with van der Waals surface area (Å²) in [5, 5.41) is 1.91. The maximum absolute atomic E-state index is 11.5. The monoisotopic (exact) mass is 340 g/mol. The molecule has 0 fully saturated rings. The van der Waals surface area contributed by atoms with Gasteiger partial charge in [0.15, 0.2) is 14.9 Å². The Morgan fingerprint density at radius 3 is 2.30 bits per heavy atom. The molecule has 0 spiro atoms. The van der Waals surface area contributed by atoms with Crippen LogP contribution in [0.25, 0.3) is 0 Å². The van der Waals surface area contributed by atoms with Gasteiger partial charge >= 0.3 is 0 Å². The third kappa shape index (κ3) is 6.29. The molecule has 20 heavy (non-hydrogen) atoms. The maximum atomic E-state index is 11.5. The van der Waals surface area contributed by atoms with Gasteiger partial charge in [-0.25, -0.2) is 26.5 Å². The van der Waals surface area contributed by atoms with Crippen molar-refractivity contribution >= 4 is 31.2 Å². The first-order valence-electron chi connectivity index (χ1n) is 5.99. The number of thiazole rings is 1. The Kier molecular flexibility index (Phi) is 5.34. The third-order valence-corrected chi connectivity index (χ3v) is 6.86. The molecule has 1 aromatic rings. The number of hydrogen-bond acceptors (Lipinski definition) is 6. The molecule has 0 atom stereocenters. The van der Waals surface area contributed by atoms with Crippen molar-refractivity contribution < 1.29 is 16.8 Å². The summed E-state index contributed by atoms with van der Waals surface area (Å²) in [7, 11) is -7.35.